The monoisotopic (exact) mass is 325 g/mol. The zero-order chi connectivity index (χ0) is 16.8. The van der Waals surface area contributed by atoms with Crippen LogP contribution in [0.25, 0.3) is 0 Å². The lowest BCUT2D eigenvalue weighted by Crippen LogP contribution is -2.51. The standard InChI is InChI=1S/C19H23N3O2/c1-24-18-9-5-8-17(14-18)21-10-12-22(13-11-21)19(23)20-15-16-6-3-2-4-7-16/h2-9,14H,10-13,15H2,1H3,(H,20,23). The molecule has 2 aromatic carbocycles. The first kappa shape index (κ1) is 16.2. The molecular formula is C19H23N3O2. The molecule has 0 aromatic heterocycles. The van der Waals surface area contributed by atoms with Crippen molar-refractivity contribution in [2.75, 3.05) is 38.2 Å². The van der Waals surface area contributed by atoms with Crippen molar-refractivity contribution in [3.05, 3.63) is 60.2 Å². The number of piperazine rings is 1. The maximum Gasteiger partial charge on any atom is 0.317 e. The van der Waals surface area contributed by atoms with E-state index in [0.29, 0.717) is 6.54 Å². The third-order valence-corrected chi connectivity index (χ3v) is 4.27. The van der Waals surface area contributed by atoms with Crippen LogP contribution in [-0.2, 0) is 6.54 Å². The van der Waals surface area contributed by atoms with Crippen molar-refractivity contribution in [3.63, 3.8) is 0 Å². The summed E-state index contributed by atoms with van der Waals surface area (Å²) in [6.45, 7) is 3.66. The molecule has 5 nitrogen and oxygen atoms in total. The normalized spacial score (nSPS) is 14.4. The van der Waals surface area contributed by atoms with Gasteiger partial charge in [-0.1, -0.05) is 36.4 Å². The van der Waals surface area contributed by atoms with Gasteiger partial charge in [0.25, 0.3) is 0 Å². The summed E-state index contributed by atoms with van der Waals surface area (Å²) in [6, 6.07) is 18.0. The van der Waals surface area contributed by atoms with Crippen molar-refractivity contribution in [3.8, 4) is 5.75 Å². The first-order valence-electron chi connectivity index (χ1n) is 8.22. The summed E-state index contributed by atoms with van der Waals surface area (Å²) in [5.74, 6) is 0.857. The largest absolute Gasteiger partial charge is 0.497 e. The average molecular weight is 325 g/mol. The number of urea groups is 1. The van der Waals surface area contributed by atoms with E-state index in [-0.39, 0.29) is 6.03 Å². The molecule has 2 aromatic rings. The summed E-state index contributed by atoms with van der Waals surface area (Å²) in [4.78, 5) is 16.4. The van der Waals surface area contributed by atoms with Crippen LogP contribution in [0.2, 0.25) is 0 Å². The van der Waals surface area contributed by atoms with Crippen molar-refractivity contribution in [1.82, 2.24) is 10.2 Å². The van der Waals surface area contributed by atoms with E-state index in [9.17, 15) is 4.79 Å². The van der Waals surface area contributed by atoms with Gasteiger partial charge in [-0.15, -0.1) is 0 Å². The van der Waals surface area contributed by atoms with Gasteiger partial charge in [-0.25, -0.2) is 4.79 Å². The van der Waals surface area contributed by atoms with Crippen LogP contribution < -0.4 is 15.0 Å². The van der Waals surface area contributed by atoms with Gasteiger partial charge in [-0.2, -0.15) is 0 Å². The Hall–Kier alpha value is -2.69. The van der Waals surface area contributed by atoms with Crippen LogP contribution in [0.4, 0.5) is 10.5 Å². The molecule has 5 heteroatoms. The van der Waals surface area contributed by atoms with E-state index >= 15 is 0 Å². The average Bonchev–Trinajstić information content (AvgIpc) is 2.67. The zero-order valence-corrected chi connectivity index (χ0v) is 13.9. The molecule has 0 saturated carbocycles. The number of amides is 2. The van der Waals surface area contributed by atoms with Crippen molar-refractivity contribution in [2.45, 2.75) is 6.54 Å². The summed E-state index contributed by atoms with van der Waals surface area (Å²) in [5, 5.41) is 2.99. The third kappa shape index (κ3) is 3.98. The fourth-order valence-electron chi connectivity index (χ4n) is 2.86. The molecular weight excluding hydrogens is 302 g/mol. The summed E-state index contributed by atoms with van der Waals surface area (Å²) >= 11 is 0. The Morgan fingerprint density at radius 2 is 1.79 bits per heavy atom. The van der Waals surface area contributed by atoms with Gasteiger partial charge in [0.2, 0.25) is 0 Å². The molecule has 0 bridgehead atoms. The number of nitrogens with one attached hydrogen (secondary N) is 1. The van der Waals surface area contributed by atoms with Gasteiger partial charge >= 0.3 is 6.03 Å². The topological polar surface area (TPSA) is 44.8 Å². The predicted octanol–water partition coefficient (Wildman–Crippen LogP) is 2.73. The van der Waals surface area contributed by atoms with Crippen LogP contribution in [0, 0.1) is 0 Å². The highest BCUT2D eigenvalue weighted by Crippen LogP contribution is 2.22. The van der Waals surface area contributed by atoms with Crippen molar-refractivity contribution >= 4 is 11.7 Å². The molecule has 2 amide bonds. The number of methoxy groups -OCH3 is 1. The van der Waals surface area contributed by atoms with Gasteiger partial charge in [0.1, 0.15) is 5.75 Å². The minimum absolute atomic E-state index is 0.00384. The number of hydrogen-bond donors (Lipinski definition) is 1. The summed E-state index contributed by atoms with van der Waals surface area (Å²) in [7, 11) is 1.67. The van der Waals surface area contributed by atoms with Gasteiger partial charge < -0.3 is 19.9 Å². The van der Waals surface area contributed by atoms with E-state index in [2.05, 4.69) is 16.3 Å². The maximum atomic E-state index is 12.3. The van der Waals surface area contributed by atoms with Crippen molar-refractivity contribution < 1.29 is 9.53 Å². The predicted molar refractivity (Wildman–Crippen MR) is 95.5 cm³/mol. The molecule has 1 aliphatic rings. The minimum Gasteiger partial charge on any atom is -0.497 e. The van der Waals surface area contributed by atoms with Crippen LogP contribution in [-0.4, -0.2) is 44.2 Å². The molecule has 0 unspecified atom stereocenters. The Balaban J connectivity index is 1.50. The molecule has 1 aliphatic heterocycles. The fourth-order valence-corrected chi connectivity index (χ4v) is 2.86. The smallest absolute Gasteiger partial charge is 0.317 e. The van der Waals surface area contributed by atoms with E-state index in [0.717, 1.165) is 43.2 Å². The first-order chi connectivity index (χ1) is 11.8. The molecule has 1 fully saturated rings. The van der Waals surface area contributed by atoms with E-state index in [1.54, 1.807) is 7.11 Å². The number of carbonyl (C=O) groups excluding carboxylic acids is 1. The Bertz CT molecular complexity index is 667. The Kier molecular flexibility index (Phi) is 5.21. The second kappa shape index (κ2) is 7.73. The number of hydrogen-bond acceptors (Lipinski definition) is 3. The summed E-state index contributed by atoms with van der Waals surface area (Å²) in [6.07, 6.45) is 0. The summed E-state index contributed by atoms with van der Waals surface area (Å²) < 4.78 is 5.28. The van der Waals surface area contributed by atoms with Gasteiger partial charge in [0.05, 0.1) is 7.11 Å². The maximum absolute atomic E-state index is 12.3. The lowest BCUT2D eigenvalue weighted by atomic mass is 10.2. The van der Waals surface area contributed by atoms with E-state index in [1.165, 1.54) is 0 Å². The minimum atomic E-state index is 0.00384. The molecule has 1 N–H and O–H groups in total. The van der Waals surface area contributed by atoms with Crippen molar-refractivity contribution in [1.29, 1.82) is 0 Å². The zero-order valence-electron chi connectivity index (χ0n) is 13.9. The molecule has 126 valence electrons. The van der Waals surface area contributed by atoms with E-state index in [1.807, 2.05) is 53.4 Å². The fraction of sp³-hybridized carbons (Fsp3) is 0.316. The number of carbonyl (C=O) groups is 1. The highest BCUT2D eigenvalue weighted by molar-refractivity contribution is 5.74. The van der Waals surface area contributed by atoms with Gasteiger partial charge in [0, 0.05) is 44.5 Å². The van der Waals surface area contributed by atoms with Crippen LogP contribution in [0.15, 0.2) is 54.6 Å². The molecule has 24 heavy (non-hydrogen) atoms. The molecule has 1 heterocycles. The SMILES string of the molecule is COc1cccc(N2CCN(C(=O)NCc3ccccc3)CC2)c1. The Morgan fingerprint density at radius 3 is 2.50 bits per heavy atom. The highest BCUT2D eigenvalue weighted by atomic mass is 16.5. The van der Waals surface area contributed by atoms with E-state index < -0.39 is 0 Å². The van der Waals surface area contributed by atoms with Crippen LogP contribution in [0.3, 0.4) is 0 Å². The number of nitrogens with zero attached hydrogens (tertiary/aromatic N) is 2. The van der Waals surface area contributed by atoms with Gasteiger partial charge in [-0.3, -0.25) is 0 Å². The first-order valence-corrected chi connectivity index (χ1v) is 8.22. The molecule has 0 atom stereocenters. The molecule has 3 rings (SSSR count). The molecule has 0 aliphatic carbocycles. The van der Waals surface area contributed by atoms with Gasteiger partial charge in [-0.05, 0) is 17.7 Å². The number of ether oxygens (including phenoxy) is 1. The summed E-state index contributed by atoms with van der Waals surface area (Å²) in [5.41, 5.74) is 2.25. The number of benzene rings is 2. The van der Waals surface area contributed by atoms with Crippen LogP contribution >= 0.6 is 0 Å². The Morgan fingerprint density at radius 1 is 1.04 bits per heavy atom. The number of anilines is 1. The molecule has 0 spiro atoms. The second-order valence-electron chi connectivity index (χ2n) is 5.82. The number of rotatable bonds is 4. The Labute approximate surface area is 142 Å². The quantitative estimate of drug-likeness (QED) is 0.940. The van der Waals surface area contributed by atoms with Crippen LogP contribution in [0.1, 0.15) is 5.56 Å². The van der Waals surface area contributed by atoms with Gasteiger partial charge in [0.15, 0.2) is 0 Å². The van der Waals surface area contributed by atoms with Crippen molar-refractivity contribution in [2.24, 2.45) is 0 Å². The molecule has 1 saturated heterocycles. The highest BCUT2D eigenvalue weighted by Gasteiger charge is 2.21. The van der Waals surface area contributed by atoms with Crippen LogP contribution in [0.5, 0.6) is 5.75 Å². The second-order valence-corrected chi connectivity index (χ2v) is 5.82. The lowest BCUT2D eigenvalue weighted by Gasteiger charge is -2.36. The third-order valence-electron chi connectivity index (χ3n) is 4.27. The lowest BCUT2D eigenvalue weighted by molar-refractivity contribution is 0.194. The molecule has 0 radical (unpaired) electrons. The van der Waals surface area contributed by atoms with E-state index in [4.69, 9.17) is 4.74 Å².